The normalized spacial score (nSPS) is 22.6. The van der Waals surface area contributed by atoms with Crippen molar-refractivity contribution in [2.75, 3.05) is 42.2 Å². The van der Waals surface area contributed by atoms with Gasteiger partial charge in [-0.05, 0) is 6.07 Å². The molecular weight excluding hydrogens is 536 g/mol. The fourth-order valence-electron chi connectivity index (χ4n) is 4.46. The third kappa shape index (κ3) is 4.80. The molecule has 2 aromatic carbocycles. The zero-order valence-corrected chi connectivity index (χ0v) is 22.2. The van der Waals surface area contributed by atoms with Crippen molar-refractivity contribution in [3.63, 3.8) is 0 Å². The molecule has 1 aliphatic rings. The quantitative estimate of drug-likeness (QED) is 0.238. The summed E-state index contributed by atoms with van der Waals surface area (Å²) >= 11 is 0. The topological polar surface area (TPSA) is 196 Å². The number of phenolic OH excluding ortho intramolecular Hbond substituents is 1. The van der Waals surface area contributed by atoms with E-state index >= 15 is 0 Å². The first-order valence-corrected chi connectivity index (χ1v) is 11.9. The summed E-state index contributed by atoms with van der Waals surface area (Å²) in [4.78, 5) is 13.1. The van der Waals surface area contributed by atoms with E-state index in [2.05, 4.69) is 0 Å². The second kappa shape index (κ2) is 11.7. The van der Waals surface area contributed by atoms with Gasteiger partial charge >= 0.3 is 0 Å². The highest BCUT2D eigenvalue weighted by molar-refractivity contribution is 5.90. The fraction of sp³-hybridized carbons (Fsp3) is 0.423. The fourth-order valence-corrected chi connectivity index (χ4v) is 4.46. The first kappa shape index (κ1) is 29.0. The highest BCUT2D eigenvalue weighted by atomic mass is 16.7. The minimum absolute atomic E-state index is 0.00718. The van der Waals surface area contributed by atoms with Crippen molar-refractivity contribution in [1.29, 1.82) is 0 Å². The molecule has 5 atom stereocenters. The van der Waals surface area contributed by atoms with Gasteiger partial charge in [-0.25, -0.2) is 0 Å². The van der Waals surface area contributed by atoms with E-state index in [1.165, 1.54) is 47.7 Å². The van der Waals surface area contributed by atoms with E-state index in [-0.39, 0.29) is 56.8 Å². The van der Waals surface area contributed by atoms with Gasteiger partial charge in [-0.3, -0.25) is 4.79 Å². The van der Waals surface area contributed by atoms with Crippen LogP contribution in [-0.4, -0.2) is 98.4 Å². The van der Waals surface area contributed by atoms with Crippen LogP contribution in [0.4, 0.5) is 0 Å². The molecule has 5 unspecified atom stereocenters. The lowest BCUT2D eigenvalue weighted by atomic mass is 9.99. The van der Waals surface area contributed by atoms with E-state index in [0.29, 0.717) is 0 Å². The molecule has 0 spiro atoms. The lowest BCUT2D eigenvalue weighted by Gasteiger charge is -2.39. The van der Waals surface area contributed by atoms with Gasteiger partial charge in [0.2, 0.25) is 23.5 Å². The van der Waals surface area contributed by atoms with Crippen molar-refractivity contribution in [3.05, 3.63) is 28.4 Å². The molecule has 0 aliphatic carbocycles. The molecule has 0 amide bonds. The number of rotatable bonds is 9. The molecule has 1 saturated heterocycles. The van der Waals surface area contributed by atoms with Gasteiger partial charge in [0, 0.05) is 12.1 Å². The number of aliphatic hydroxyl groups is 4. The van der Waals surface area contributed by atoms with Crippen LogP contribution in [0.5, 0.6) is 40.2 Å². The Labute approximate surface area is 227 Å². The number of ether oxygens (including phenoxy) is 7. The first-order chi connectivity index (χ1) is 19.1. The molecular formula is C26H30O14. The minimum atomic E-state index is -1.74. The van der Waals surface area contributed by atoms with Gasteiger partial charge in [0.15, 0.2) is 28.4 Å². The lowest BCUT2D eigenvalue weighted by Crippen LogP contribution is -2.60. The summed E-state index contributed by atoms with van der Waals surface area (Å²) in [6, 6.07) is 3.93. The third-order valence-corrected chi connectivity index (χ3v) is 6.47. The third-order valence-electron chi connectivity index (χ3n) is 6.47. The lowest BCUT2D eigenvalue weighted by molar-refractivity contribution is -0.277. The molecule has 4 rings (SSSR count). The SMILES string of the molecule is COc1cc(-c2cc(=O)c3c(O)c(OC)c(OC)cc3o2)c(OC)c(OC2OC(CO)C(O)C(O)C2O)c1OC. The van der Waals surface area contributed by atoms with Crippen LogP contribution in [0.15, 0.2) is 27.4 Å². The zero-order chi connectivity index (χ0) is 29.3. The summed E-state index contributed by atoms with van der Waals surface area (Å²) in [6.07, 6.45) is -7.91. The number of aromatic hydroxyl groups is 1. The van der Waals surface area contributed by atoms with Crippen molar-refractivity contribution >= 4 is 11.0 Å². The molecule has 14 nitrogen and oxygen atoms in total. The molecule has 1 fully saturated rings. The van der Waals surface area contributed by atoms with Gasteiger partial charge in [-0.1, -0.05) is 0 Å². The minimum Gasteiger partial charge on any atom is -0.504 e. The van der Waals surface area contributed by atoms with Crippen molar-refractivity contribution in [2.45, 2.75) is 30.7 Å². The van der Waals surface area contributed by atoms with Crippen LogP contribution >= 0.6 is 0 Å². The maximum Gasteiger partial charge on any atom is 0.229 e. The molecule has 40 heavy (non-hydrogen) atoms. The predicted octanol–water partition coefficient (Wildman–Crippen LogP) is 0.387. The van der Waals surface area contributed by atoms with E-state index in [0.717, 1.165) is 6.07 Å². The van der Waals surface area contributed by atoms with Crippen LogP contribution in [0.3, 0.4) is 0 Å². The Hall–Kier alpha value is -3.95. The second-order valence-electron chi connectivity index (χ2n) is 8.65. The van der Waals surface area contributed by atoms with Gasteiger partial charge in [0.05, 0.1) is 47.7 Å². The van der Waals surface area contributed by atoms with Gasteiger partial charge in [-0.15, -0.1) is 0 Å². The molecule has 0 bridgehead atoms. The number of benzene rings is 2. The number of fused-ring (bicyclic) bond motifs is 1. The smallest absolute Gasteiger partial charge is 0.229 e. The van der Waals surface area contributed by atoms with Crippen molar-refractivity contribution in [1.82, 2.24) is 0 Å². The molecule has 0 radical (unpaired) electrons. The number of hydrogen-bond acceptors (Lipinski definition) is 14. The number of methoxy groups -OCH3 is 5. The highest BCUT2D eigenvalue weighted by Gasteiger charge is 2.45. The van der Waals surface area contributed by atoms with Gasteiger partial charge in [0.1, 0.15) is 41.1 Å². The van der Waals surface area contributed by atoms with Crippen LogP contribution in [0.25, 0.3) is 22.3 Å². The van der Waals surface area contributed by atoms with Gasteiger partial charge in [-0.2, -0.15) is 0 Å². The van der Waals surface area contributed by atoms with Crippen molar-refractivity contribution in [2.24, 2.45) is 0 Å². The standard InChI is InChI=1S/C26H30O14/c1-33-14-6-10(12-7-11(28)17-13(38-12)8-15(34-2)23(36-4)19(17)30)22(35-3)25(24(14)37-5)40-26-21(32)20(31)18(29)16(9-27)39-26/h6-8,16,18,20-21,26-27,29-32H,9H2,1-5H3. The highest BCUT2D eigenvalue weighted by Crippen LogP contribution is 2.51. The van der Waals surface area contributed by atoms with Crippen LogP contribution in [0.2, 0.25) is 0 Å². The monoisotopic (exact) mass is 566 g/mol. The summed E-state index contributed by atoms with van der Waals surface area (Å²) in [5.41, 5.74) is -0.526. The average molecular weight is 567 g/mol. The van der Waals surface area contributed by atoms with E-state index in [1.807, 2.05) is 0 Å². The Bertz CT molecular complexity index is 1430. The van der Waals surface area contributed by atoms with Gasteiger partial charge < -0.3 is 63.1 Å². The van der Waals surface area contributed by atoms with E-state index in [1.54, 1.807) is 0 Å². The molecule has 1 aliphatic heterocycles. The van der Waals surface area contributed by atoms with Crippen LogP contribution in [0.1, 0.15) is 0 Å². The summed E-state index contributed by atoms with van der Waals surface area (Å²) in [5.74, 6) is -0.595. The van der Waals surface area contributed by atoms with Crippen molar-refractivity contribution in [3.8, 4) is 51.6 Å². The molecule has 14 heteroatoms. The molecule has 0 saturated carbocycles. The molecule has 5 N–H and O–H groups in total. The Kier molecular flexibility index (Phi) is 8.46. The second-order valence-corrected chi connectivity index (χ2v) is 8.65. The molecule has 2 heterocycles. The molecule has 1 aromatic heterocycles. The van der Waals surface area contributed by atoms with Crippen LogP contribution in [0, 0.1) is 0 Å². The number of aliphatic hydroxyl groups excluding tert-OH is 4. The maximum absolute atomic E-state index is 13.1. The predicted molar refractivity (Wildman–Crippen MR) is 137 cm³/mol. The summed E-state index contributed by atoms with van der Waals surface area (Å²) in [7, 11) is 6.62. The number of hydrogen-bond donors (Lipinski definition) is 5. The van der Waals surface area contributed by atoms with E-state index in [4.69, 9.17) is 37.6 Å². The maximum atomic E-state index is 13.1. The molecule has 3 aromatic rings. The van der Waals surface area contributed by atoms with Crippen LogP contribution < -0.4 is 33.8 Å². The average Bonchev–Trinajstić information content (AvgIpc) is 2.95. The first-order valence-electron chi connectivity index (χ1n) is 11.9. The molecule has 218 valence electrons. The van der Waals surface area contributed by atoms with Crippen molar-refractivity contribution < 1.29 is 63.1 Å². The summed E-state index contributed by atoms with van der Waals surface area (Å²) in [6.45, 7) is -0.675. The Balaban J connectivity index is 1.93. The summed E-state index contributed by atoms with van der Waals surface area (Å²) in [5, 5.41) is 50.9. The van der Waals surface area contributed by atoms with Crippen LogP contribution in [-0.2, 0) is 4.74 Å². The zero-order valence-electron chi connectivity index (χ0n) is 22.2. The summed E-state index contributed by atoms with van der Waals surface area (Å²) < 4.78 is 44.3. The van der Waals surface area contributed by atoms with E-state index < -0.39 is 48.5 Å². The Morgan fingerprint density at radius 3 is 1.98 bits per heavy atom. The Morgan fingerprint density at radius 1 is 0.775 bits per heavy atom. The number of phenols is 1. The Morgan fingerprint density at radius 2 is 1.40 bits per heavy atom. The largest absolute Gasteiger partial charge is 0.504 e. The van der Waals surface area contributed by atoms with E-state index in [9.17, 15) is 30.3 Å². The van der Waals surface area contributed by atoms with Gasteiger partial charge in [0.25, 0.3) is 0 Å².